The van der Waals surface area contributed by atoms with Gasteiger partial charge in [-0.15, -0.1) is 0 Å². The molecule has 2 rings (SSSR count). The minimum Gasteiger partial charge on any atom is -0.383 e. The van der Waals surface area contributed by atoms with Crippen LogP contribution in [0.4, 0.5) is 0 Å². The Balaban J connectivity index is 2.28. The largest absolute Gasteiger partial charge is 0.383 e. The molecule has 1 heterocycles. The first-order valence-corrected chi connectivity index (χ1v) is 6.80. The highest BCUT2D eigenvalue weighted by Gasteiger charge is 2.17. The Labute approximate surface area is 119 Å². The number of nitriles is 1. The first kappa shape index (κ1) is 14.3. The second-order valence-electron chi connectivity index (χ2n) is 4.69. The summed E-state index contributed by atoms with van der Waals surface area (Å²) in [5.41, 5.74) is 2.96. The second kappa shape index (κ2) is 6.88. The first-order valence-electron chi connectivity index (χ1n) is 6.80. The number of ether oxygens (including phenoxy) is 1. The van der Waals surface area contributed by atoms with Gasteiger partial charge in [0, 0.05) is 19.2 Å². The van der Waals surface area contributed by atoms with Gasteiger partial charge < -0.3 is 4.74 Å². The van der Waals surface area contributed by atoms with Gasteiger partial charge in [-0.1, -0.05) is 25.1 Å². The van der Waals surface area contributed by atoms with Gasteiger partial charge in [0.15, 0.2) is 0 Å². The zero-order chi connectivity index (χ0) is 14.4. The highest BCUT2D eigenvalue weighted by Crippen LogP contribution is 2.29. The molecule has 0 saturated carbocycles. The van der Waals surface area contributed by atoms with Gasteiger partial charge in [0.1, 0.15) is 0 Å². The lowest BCUT2D eigenvalue weighted by molar-refractivity contribution is 0.183. The molecule has 1 unspecified atom stereocenters. The van der Waals surface area contributed by atoms with Crippen LogP contribution in [0.15, 0.2) is 36.7 Å². The lowest BCUT2D eigenvalue weighted by atomic mass is 9.88. The molecule has 0 spiro atoms. The summed E-state index contributed by atoms with van der Waals surface area (Å²) in [5.74, 6) is 0.210. The normalized spacial score (nSPS) is 12.1. The Bertz CT molecular complexity index is 598. The molecule has 1 atom stereocenters. The summed E-state index contributed by atoms with van der Waals surface area (Å²) in [7, 11) is 1.68. The number of methoxy groups -OCH3 is 1. The molecule has 0 amide bonds. The van der Waals surface area contributed by atoms with Crippen molar-refractivity contribution in [3.05, 3.63) is 53.3 Å². The lowest BCUT2D eigenvalue weighted by Crippen LogP contribution is -2.05. The fraction of sp³-hybridized carbons (Fsp3) is 0.375. The molecule has 1 aromatic heterocycles. The summed E-state index contributed by atoms with van der Waals surface area (Å²) < 4.78 is 6.94. The van der Waals surface area contributed by atoms with Crippen LogP contribution in [0.25, 0.3) is 0 Å². The van der Waals surface area contributed by atoms with Gasteiger partial charge in [0.25, 0.3) is 0 Å². The number of benzene rings is 1. The molecular weight excluding hydrogens is 250 g/mol. The van der Waals surface area contributed by atoms with Crippen molar-refractivity contribution >= 4 is 0 Å². The maximum absolute atomic E-state index is 9.24. The van der Waals surface area contributed by atoms with E-state index >= 15 is 0 Å². The minimum absolute atomic E-state index is 0.210. The van der Waals surface area contributed by atoms with Crippen molar-refractivity contribution in [3.63, 3.8) is 0 Å². The number of rotatable bonds is 6. The molecule has 0 radical (unpaired) electrons. The van der Waals surface area contributed by atoms with Gasteiger partial charge in [-0.2, -0.15) is 10.4 Å². The average molecular weight is 269 g/mol. The van der Waals surface area contributed by atoms with Crippen LogP contribution in [-0.4, -0.2) is 23.5 Å². The van der Waals surface area contributed by atoms with E-state index in [1.54, 1.807) is 7.11 Å². The Morgan fingerprint density at radius 2 is 2.20 bits per heavy atom. The molecule has 0 aliphatic rings. The number of aromatic nitrogens is 2. The molecule has 2 aromatic rings. The fourth-order valence-corrected chi connectivity index (χ4v) is 2.40. The van der Waals surface area contributed by atoms with Crippen molar-refractivity contribution in [2.24, 2.45) is 0 Å². The van der Waals surface area contributed by atoms with E-state index in [1.165, 1.54) is 0 Å². The predicted octanol–water partition coefficient (Wildman–Crippen LogP) is 2.94. The molecule has 0 N–H and O–H groups in total. The maximum Gasteiger partial charge on any atom is 0.0994 e. The van der Waals surface area contributed by atoms with Crippen molar-refractivity contribution in [2.45, 2.75) is 25.8 Å². The number of hydrogen-bond acceptors (Lipinski definition) is 3. The van der Waals surface area contributed by atoms with Crippen LogP contribution in [0.2, 0.25) is 0 Å². The summed E-state index contributed by atoms with van der Waals surface area (Å²) in [5, 5.41) is 13.6. The van der Waals surface area contributed by atoms with Crippen LogP contribution >= 0.6 is 0 Å². The third kappa shape index (κ3) is 3.06. The van der Waals surface area contributed by atoms with Gasteiger partial charge in [0.05, 0.1) is 31.0 Å². The first-order chi connectivity index (χ1) is 9.80. The quantitative estimate of drug-likeness (QED) is 0.810. The van der Waals surface area contributed by atoms with Crippen molar-refractivity contribution in [2.75, 3.05) is 13.7 Å². The van der Waals surface area contributed by atoms with Crippen LogP contribution in [0.3, 0.4) is 0 Å². The van der Waals surface area contributed by atoms with Gasteiger partial charge in [-0.3, -0.25) is 4.68 Å². The van der Waals surface area contributed by atoms with E-state index in [9.17, 15) is 5.26 Å². The molecule has 0 fully saturated rings. The third-order valence-electron chi connectivity index (χ3n) is 3.45. The van der Waals surface area contributed by atoms with Crippen molar-refractivity contribution in [3.8, 4) is 6.07 Å². The number of hydrogen-bond donors (Lipinski definition) is 0. The summed E-state index contributed by atoms with van der Waals surface area (Å²) in [6.07, 6.45) is 4.87. The molecule has 0 aliphatic carbocycles. The van der Waals surface area contributed by atoms with E-state index in [2.05, 4.69) is 18.1 Å². The van der Waals surface area contributed by atoms with Gasteiger partial charge in [-0.25, -0.2) is 0 Å². The molecule has 4 heteroatoms. The van der Waals surface area contributed by atoms with Crippen LogP contribution < -0.4 is 0 Å². The van der Waals surface area contributed by atoms with E-state index < -0.39 is 0 Å². The summed E-state index contributed by atoms with van der Waals surface area (Å²) in [6, 6.07) is 10.0. The second-order valence-corrected chi connectivity index (χ2v) is 4.69. The van der Waals surface area contributed by atoms with Crippen LogP contribution in [0.5, 0.6) is 0 Å². The van der Waals surface area contributed by atoms with E-state index in [0.717, 1.165) is 29.7 Å². The molecule has 0 saturated heterocycles. The molecule has 4 nitrogen and oxygen atoms in total. The zero-order valence-electron chi connectivity index (χ0n) is 11.9. The molecular formula is C16H19N3O. The summed E-state index contributed by atoms with van der Waals surface area (Å²) in [4.78, 5) is 0. The Morgan fingerprint density at radius 3 is 2.90 bits per heavy atom. The van der Waals surface area contributed by atoms with Gasteiger partial charge >= 0.3 is 0 Å². The van der Waals surface area contributed by atoms with Gasteiger partial charge in [-0.05, 0) is 23.6 Å². The Hall–Kier alpha value is -2.12. The van der Waals surface area contributed by atoms with E-state index in [-0.39, 0.29) is 5.92 Å². The highest BCUT2D eigenvalue weighted by molar-refractivity contribution is 5.43. The zero-order valence-corrected chi connectivity index (χ0v) is 11.9. The van der Waals surface area contributed by atoms with E-state index in [4.69, 9.17) is 4.74 Å². The van der Waals surface area contributed by atoms with E-state index in [0.29, 0.717) is 6.61 Å². The predicted molar refractivity (Wildman–Crippen MR) is 77.4 cm³/mol. The van der Waals surface area contributed by atoms with Crippen molar-refractivity contribution in [1.82, 2.24) is 9.78 Å². The smallest absolute Gasteiger partial charge is 0.0994 e. The maximum atomic E-state index is 9.24. The fourth-order valence-electron chi connectivity index (χ4n) is 2.40. The number of nitrogens with zero attached hydrogens (tertiary/aromatic N) is 3. The molecule has 0 aliphatic heterocycles. The Kier molecular flexibility index (Phi) is 4.91. The van der Waals surface area contributed by atoms with E-state index in [1.807, 2.05) is 41.3 Å². The average Bonchev–Trinajstić information content (AvgIpc) is 2.95. The topological polar surface area (TPSA) is 50.8 Å². The van der Waals surface area contributed by atoms with Crippen molar-refractivity contribution < 1.29 is 4.74 Å². The monoisotopic (exact) mass is 269 g/mol. The molecule has 0 bridgehead atoms. The van der Waals surface area contributed by atoms with Crippen LogP contribution in [0.1, 0.15) is 36.0 Å². The van der Waals surface area contributed by atoms with Crippen molar-refractivity contribution in [1.29, 1.82) is 5.26 Å². The van der Waals surface area contributed by atoms with Gasteiger partial charge in [0.2, 0.25) is 0 Å². The molecule has 1 aromatic carbocycles. The third-order valence-corrected chi connectivity index (χ3v) is 3.45. The highest BCUT2D eigenvalue weighted by atomic mass is 16.5. The summed E-state index contributed by atoms with van der Waals surface area (Å²) in [6.45, 7) is 3.52. The van der Waals surface area contributed by atoms with Crippen LogP contribution in [0, 0.1) is 11.3 Å². The molecule has 20 heavy (non-hydrogen) atoms. The Morgan fingerprint density at radius 1 is 1.40 bits per heavy atom. The van der Waals surface area contributed by atoms with Crippen LogP contribution in [-0.2, 0) is 11.3 Å². The minimum atomic E-state index is 0.210. The standard InChI is InChI=1S/C16H19N3O/c1-3-15(16-7-5-4-6-13(16)10-17)14-11-18-19(12-14)8-9-20-2/h4-7,11-12,15H,3,8-9H2,1-2H3. The summed E-state index contributed by atoms with van der Waals surface area (Å²) >= 11 is 0. The lowest BCUT2D eigenvalue weighted by Gasteiger charge is -2.14. The molecule has 104 valence electrons. The SMILES string of the molecule is CCC(c1cnn(CCOC)c1)c1ccccc1C#N.